The highest BCUT2D eigenvalue weighted by molar-refractivity contribution is 5.84. The van der Waals surface area contributed by atoms with Crippen molar-refractivity contribution in [2.75, 3.05) is 19.3 Å². The number of benzene rings is 1. The van der Waals surface area contributed by atoms with Crippen LogP contribution in [0.1, 0.15) is 22.6 Å². The van der Waals surface area contributed by atoms with E-state index in [2.05, 4.69) is 22.4 Å². The van der Waals surface area contributed by atoms with Crippen LogP contribution in [0.2, 0.25) is 0 Å². The molecule has 1 aliphatic rings. The standard InChI is InChI=1S/C17H20N4O.C2HF3O2/c1-21(11-12-6-7-16(18)20-8-12)17(22)15-10-19-9-13-4-2-3-5-14(13)15;3-2(4,5)1(6)7/h2-8,15,19H,9-11H2,1H3,(H2,18,20);(H,6,7). The minimum absolute atomic E-state index is 0.122. The molecule has 2 heterocycles. The molecule has 0 fully saturated rings. The molecule has 0 saturated heterocycles. The normalized spacial score (nSPS) is 15.5. The first-order chi connectivity index (χ1) is 13.6. The number of nitrogens with zero attached hydrogens (tertiary/aromatic N) is 2. The fourth-order valence-electron chi connectivity index (χ4n) is 2.86. The number of nitrogens with one attached hydrogen (secondary N) is 1. The van der Waals surface area contributed by atoms with Gasteiger partial charge in [0.2, 0.25) is 5.91 Å². The lowest BCUT2D eigenvalue weighted by Gasteiger charge is -2.29. The van der Waals surface area contributed by atoms with Crippen LogP contribution in [0.25, 0.3) is 0 Å². The number of carbonyl (C=O) groups excluding carboxylic acids is 1. The number of nitrogens with two attached hydrogens (primary N) is 1. The van der Waals surface area contributed by atoms with Crippen molar-refractivity contribution < 1.29 is 27.9 Å². The van der Waals surface area contributed by atoms with E-state index in [0.717, 1.165) is 17.7 Å². The van der Waals surface area contributed by atoms with Crippen molar-refractivity contribution in [1.82, 2.24) is 15.2 Å². The molecule has 2 aromatic rings. The fourth-order valence-corrected chi connectivity index (χ4v) is 2.86. The Balaban J connectivity index is 0.000000370. The number of halogens is 3. The minimum Gasteiger partial charge on any atom is -0.475 e. The molecular formula is C19H21F3N4O3. The summed E-state index contributed by atoms with van der Waals surface area (Å²) in [6, 6.07) is 11.8. The molecule has 0 bridgehead atoms. The molecule has 1 unspecified atom stereocenters. The molecule has 156 valence electrons. The SMILES string of the molecule is CN(Cc1ccc(N)nc1)C(=O)C1CNCc2ccccc21.O=C(O)C(F)(F)F. The Morgan fingerprint density at radius 3 is 2.52 bits per heavy atom. The lowest BCUT2D eigenvalue weighted by molar-refractivity contribution is -0.192. The van der Waals surface area contributed by atoms with E-state index in [1.807, 2.05) is 25.2 Å². The highest BCUT2D eigenvalue weighted by Crippen LogP contribution is 2.25. The van der Waals surface area contributed by atoms with Crippen molar-refractivity contribution in [1.29, 1.82) is 0 Å². The van der Waals surface area contributed by atoms with Crippen molar-refractivity contribution in [3.63, 3.8) is 0 Å². The zero-order valence-corrected chi connectivity index (χ0v) is 15.6. The number of nitrogen functional groups attached to an aromatic ring is 1. The molecular weight excluding hydrogens is 389 g/mol. The van der Waals surface area contributed by atoms with Crippen LogP contribution in [-0.2, 0) is 22.7 Å². The summed E-state index contributed by atoms with van der Waals surface area (Å²) in [6.07, 6.45) is -3.37. The van der Waals surface area contributed by atoms with Crippen LogP contribution in [0.4, 0.5) is 19.0 Å². The average Bonchev–Trinajstić information content (AvgIpc) is 2.68. The monoisotopic (exact) mass is 410 g/mol. The minimum atomic E-state index is -5.08. The number of amides is 1. The number of likely N-dealkylation sites (N-methyl/N-ethyl adjacent to an activating group) is 1. The number of carboxylic acid groups (broad SMARTS) is 1. The van der Waals surface area contributed by atoms with E-state index >= 15 is 0 Å². The van der Waals surface area contributed by atoms with Gasteiger partial charge >= 0.3 is 12.1 Å². The van der Waals surface area contributed by atoms with E-state index in [-0.39, 0.29) is 11.8 Å². The van der Waals surface area contributed by atoms with Gasteiger partial charge in [0.1, 0.15) is 5.82 Å². The molecule has 1 atom stereocenters. The summed E-state index contributed by atoms with van der Waals surface area (Å²) in [6.45, 7) is 2.04. The molecule has 29 heavy (non-hydrogen) atoms. The summed E-state index contributed by atoms with van der Waals surface area (Å²) in [7, 11) is 1.83. The molecule has 7 nitrogen and oxygen atoms in total. The van der Waals surface area contributed by atoms with Gasteiger partial charge in [0.15, 0.2) is 0 Å². The van der Waals surface area contributed by atoms with Crippen LogP contribution in [0.3, 0.4) is 0 Å². The van der Waals surface area contributed by atoms with Gasteiger partial charge in [-0.15, -0.1) is 0 Å². The highest BCUT2D eigenvalue weighted by Gasteiger charge is 2.38. The van der Waals surface area contributed by atoms with Gasteiger partial charge in [0, 0.05) is 32.9 Å². The Kier molecular flexibility index (Phi) is 7.16. The van der Waals surface area contributed by atoms with Crippen LogP contribution in [0.5, 0.6) is 0 Å². The first-order valence-corrected chi connectivity index (χ1v) is 8.63. The maximum Gasteiger partial charge on any atom is 0.490 e. The number of carbonyl (C=O) groups is 2. The second kappa shape index (κ2) is 9.37. The van der Waals surface area contributed by atoms with Crippen LogP contribution in [0.15, 0.2) is 42.6 Å². The summed E-state index contributed by atoms with van der Waals surface area (Å²) in [5.74, 6) is -2.27. The number of anilines is 1. The van der Waals surface area contributed by atoms with Gasteiger partial charge in [-0.2, -0.15) is 13.2 Å². The lowest BCUT2D eigenvalue weighted by Crippen LogP contribution is -2.39. The van der Waals surface area contributed by atoms with E-state index in [1.165, 1.54) is 5.56 Å². The topological polar surface area (TPSA) is 109 Å². The van der Waals surface area contributed by atoms with Crippen molar-refractivity contribution in [3.8, 4) is 0 Å². The Labute approximate surface area is 165 Å². The van der Waals surface area contributed by atoms with Gasteiger partial charge in [0.05, 0.1) is 5.92 Å². The largest absolute Gasteiger partial charge is 0.490 e. The Bertz CT molecular complexity index is 857. The predicted octanol–water partition coefficient (Wildman–Crippen LogP) is 2.14. The Morgan fingerprint density at radius 1 is 1.28 bits per heavy atom. The van der Waals surface area contributed by atoms with Gasteiger partial charge < -0.3 is 21.1 Å². The van der Waals surface area contributed by atoms with E-state index in [0.29, 0.717) is 18.9 Å². The molecule has 0 spiro atoms. The number of carboxylic acids is 1. The van der Waals surface area contributed by atoms with E-state index in [4.69, 9.17) is 15.6 Å². The number of fused-ring (bicyclic) bond motifs is 1. The van der Waals surface area contributed by atoms with Gasteiger partial charge in [-0.05, 0) is 22.8 Å². The van der Waals surface area contributed by atoms with Crippen LogP contribution >= 0.6 is 0 Å². The molecule has 4 N–H and O–H groups in total. The predicted molar refractivity (Wildman–Crippen MR) is 99.7 cm³/mol. The summed E-state index contributed by atoms with van der Waals surface area (Å²) in [4.78, 5) is 27.5. The van der Waals surface area contributed by atoms with Gasteiger partial charge in [-0.1, -0.05) is 30.3 Å². The smallest absolute Gasteiger partial charge is 0.475 e. The zero-order chi connectivity index (χ0) is 21.6. The van der Waals surface area contributed by atoms with E-state index in [9.17, 15) is 18.0 Å². The maximum absolute atomic E-state index is 12.8. The zero-order valence-electron chi connectivity index (χ0n) is 15.6. The Hall–Kier alpha value is -3.14. The van der Waals surface area contributed by atoms with Crippen LogP contribution in [0, 0.1) is 0 Å². The third-order valence-corrected chi connectivity index (χ3v) is 4.28. The number of rotatable bonds is 3. The maximum atomic E-state index is 12.8. The quantitative estimate of drug-likeness (QED) is 0.716. The molecule has 0 aliphatic carbocycles. The lowest BCUT2D eigenvalue weighted by atomic mass is 9.90. The van der Waals surface area contributed by atoms with Crippen LogP contribution in [-0.4, -0.2) is 46.6 Å². The molecule has 0 radical (unpaired) electrons. The summed E-state index contributed by atoms with van der Waals surface area (Å²) in [5, 5.41) is 10.4. The van der Waals surface area contributed by atoms with E-state index < -0.39 is 12.1 Å². The van der Waals surface area contributed by atoms with E-state index in [1.54, 1.807) is 17.2 Å². The van der Waals surface area contributed by atoms with Gasteiger partial charge in [-0.25, -0.2) is 9.78 Å². The first-order valence-electron chi connectivity index (χ1n) is 8.63. The third kappa shape index (κ3) is 6.18. The second-order valence-electron chi connectivity index (χ2n) is 6.47. The van der Waals surface area contributed by atoms with Crippen LogP contribution < -0.4 is 11.1 Å². The van der Waals surface area contributed by atoms with Crippen molar-refractivity contribution in [3.05, 3.63) is 59.3 Å². The number of hydrogen-bond acceptors (Lipinski definition) is 5. The molecule has 1 amide bonds. The number of aliphatic carboxylic acids is 1. The number of aromatic nitrogens is 1. The second-order valence-corrected chi connectivity index (χ2v) is 6.47. The first kappa shape index (κ1) is 22.2. The fraction of sp³-hybridized carbons (Fsp3) is 0.316. The van der Waals surface area contributed by atoms with Gasteiger partial charge in [-0.3, -0.25) is 4.79 Å². The molecule has 0 saturated carbocycles. The third-order valence-electron chi connectivity index (χ3n) is 4.28. The number of pyridine rings is 1. The number of hydrogen-bond donors (Lipinski definition) is 3. The Morgan fingerprint density at radius 2 is 1.93 bits per heavy atom. The molecule has 1 aliphatic heterocycles. The highest BCUT2D eigenvalue weighted by atomic mass is 19.4. The molecule has 1 aromatic heterocycles. The summed E-state index contributed by atoms with van der Waals surface area (Å²) < 4.78 is 31.7. The average molecular weight is 410 g/mol. The van der Waals surface area contributed by atoms with Crippen molar-refractivity contribution in [2.45, 2.75) is 25.2 Å². The number of alkyl halides is 3. The molecule has 10 heteroatoms. The van der Waals surface area contributed by atoms with Crippen molar-refractivity contribution >= 4 is 17.7 Å². The molecule has 3 rings (SSSR count). The summed E-state index contributed by atoms with van der Waals surface area (Å²) >= 11 is 0. The summed E-state index contributed by atoms with van der Waals surface area (Å²) in [5.41, 5.74) is 8.90. The molecule has 1 aromatic carbocycles. The van der Waals surface area contributed by atoms with Crippen molar-refractivity contribution in [2.24, 2.45) is 0 Å². The van der Waals surface area contributed by atoms with Gasteiger partial charge in [0.25, 0.3) is 0 Å².